The molecule has 1 aromatic rings. The number of aromatic nitrogens is 1. The average Bonchev–Trinajstić information content (AvgIpc) is 2.39. The van der Waals surface area contributed by atoms with Gasteiger partial charge in [-0.05, 0) is 37.0 Å². The summed E-state index contributed by atoms with van der Waals surface area (Å²) in [5.41, 5.74) is 4.89. The van der Waals surface area contributed by atoms with E-state index in [0.717, 1.165) is 38.3 Å². The molecular formula is C13H18N2O. The molecular weight excluding hydrogens is 200 g/mol. The predicted molar refractivity (Wildman–Crippen MR) is 66.6 cm³/mol. The number of ether oxygens (including phenoxy) is 1. The second-order valence-electron chi connectivity index (χ2n) is 4.28. The lowest BCUT2D eigenvalue weighted by Gasteiger charge is -2.19. The summed E-state index contributed by atoms with van der Waals surface area (Å²) < 4.78 is 5.32. The first-order valence-electron chi connectivity index (χ1n) is 5.94. The Kier molecular flexibility index (Phi) is 2.62. The third-order valence-corrected chi connectivity index (χ3v) is 3.17. The van der Waals surface area contributed by atoms with Gasteiger partial charge in [-0.3, -0.25) is 4.98 Å². The number of fused-ring (bicyclic) bond motifs is 1. The van der Waals surface area contributed by atoms with Crippen LogP contribution in [0.25, 0.3) is 5.57 Å². The van der Waals surface area contributed by atoms with Crippen LogP contribution in [0, 0.1) is 0 Å². The van der Waals surface area contributed by atoms with Gasteiger partial charge in [0.2, 0.25) is 0 Å². The van der Waals surface area contributed by atoms with E-state index in [1.54, 1.807) is 0 Å². The van der Waals surface area contributed by atoms with Crippen molar-refractivity contribution < 1.29 is 6.16 Å². The van der Waals surface area contributed by atoms with Gasteiger partial charge in [0.25, 0.3) is 0 Å². The van der Waals surface area contributed by atoms with Crippen molar-refractivity contribution in [3.8, 4) is 0 Å². The minimum Gasteiger partial charge on any atom is -0.384 e. The molecule has 0 unspecified atom stereocenters. The second kappa shape index (κ2) is 4.26. The molecule has 2 aliphatic heterocycles. The fraction of sp³-hybridized carbons (Fsp3) is 0.462. The third-order valence-electron chi connectivity index (χ3n) is 3.17. The van der Waals surface area contributed by atoms with Crippen LogP contribution in [-0.4, -0.2) is 24.7 Å². The highest BCUT2D eigenvalue weighted by atomic mass is 16.5. The second-order valence-corrected chi connectivity index (χ2v) is 4.28. The van der Waals surface area contributed by atoms with Gasteiger partial charge in [0.1, 0.15) is 0 Å². The van der Waals surface area contributed by atoms with Crippen LogP contribution >= 0.6 is 0 Å². The molecule has 1 N–H and O–H groups in total. The maximum absolute atomic E-state index is 5.32. The van der Waals surface area contributed by atoms with Crippen molar-refractivity contribution in [2.24, 2.45) is 0 Å². The number of rotatable bonds is 1. The minimum absolute atomic E-state index is 0. The lowest BCUT2D eigenvalue weighted by Crippen LogP contribution is -2.14. The molecule has 0 aromatic carbocycles. The highest BCUT2D eigenvalue weighted by Crippen LogP contribution is 2.25. The van der Waals surface area contributed by atoms with E-state index in [9.17, 15) is 0 Å². The van der Waals surface area contributed by atoms with E-state index in [4.69, 9.17) is 9.72 Å². The van der Waals surface area contributed by atoms with Crippen LogP contribution in [0.1, 0.15) is 25.7 Å². The van der Waals surface area contributed by atoms with Crippen molar-refractivity contribution >= 4 is 11.3 Å². The van der Waals surface area contributed by atoms with Gasteiger partial charge in [0.05, 0.1) is 30.3 Å². The number of nitrogens with zero attached hydrogens (tertiary/aromatic N) is 1. The predicted octanol–water partition coefficient (Wildman–Crippen LogP) is 2.49. The Labute approximate surface area is 97.0 Å². The quantitative estimate of drug-likeness (QED) is 0.786. The SMILES string of the molecule is C1=C(c2ccc3c(n2)CCCN3)CCOC1.[HH]. The van der Waals surface area contributed by atoms with Gasteiger partial charge in [-0.2, -0.15) is 0 Å². The minimum atomic E-state index is 0. The fourth-order valence-corrected chi connectivity index (χ4v) is 2.27. The Balaban J connectivity index is 0.00000108. The number of nitrogens with one attached hydrogen (secondary N) is 1. The van der Waals surface area contributed by atoms with E-state index in [0.29, 0.717) is 0 Å². The summed E-state index contributed by atoms with van der Waals surface area (Å²) in [4.78, 5) is 4.75. The molecule has 0 bridgehead atoms. The topological polar surface area (TPSA) is 34.2 Å². The summed E-state index contributed by atoms with van der Waals surface area (Å²) in [6.45, 7) is 2.62. The van der Waals surface area contributed by atoms with Crippen LogP contribution in [0.4, 0.5) is 5.69 Å². The molecule has 3 heteroatoms. The first-order chi connectivity index (χ1) is 7.93. The molecule has 2 aliphatic rings. The lowest BCUT2D eigenvalue weighted by molar-refractivity contribution is 0.161. The van der Waals surface area contributed by atoms with Crippen LogP contribution in [0.5, 0.6) is 0 Å². The van der Waals surface area contributed by atoms with E-state index in [1.165, 1.54) is 23.4 Å². The summed E-state index contributed by atoms with van der Waals surface area (Å²) in [5, 5.41) is 3.39. The molecule has 0 radical (unpaired) electrons. The highest BCUT2D eigenvalue weighted by Gasteiger charge is 2.13. The fourth-order valence-electron chi connectivity index (χ4n) is 2.27. The first kappa shape index (κ1) is 9.85. The van der Waals surface area contributed by atoms with Crippen LogP contribution in [0.3, 0.4) is 0 Å². The Hall–Kier alpha value is -1.35. The molecule has 16 heavy (non-hydrogen) atoms. The van der Waals surface area contributed by atoms with Crippen molar-refractivity contribution in [3.05, 3.63) is 29.6 Å². The molecule has 0 spiro atoms. The molecule has 0 saturated heterocycles. The Bertz CT molecular complexity index is 431. The molecule has 0 atom stereocenters. The summed E-state index contributed by atoms with van der Waals surface area (Å²) in [5.74, 6) is 0. The monoisotopic (exact) mass is 218 g/mol. The number of pyridine rings is 1. The smallest absolute Gasteiger partial charge is 0.0665 e. The molecule has 3 nitrogen and oxygen atoms in total. The number of anilines is 1. The van der Waals surface area contributed by atoms with Gasteiger partial charge in [-0.15, -0.1) is 0 Å². The summed E-state index contributed by atoms with van der Waals surface area (Å²) >= 11 is 0. The molecule has 0 saturated carbocycles. The maximum atomic E-state index is 5.32. The van der Waals surface area contributed by atoms with Gasteiger partial charge in [0.15, 0.2) is 0 Å². The molecule has 3 heterocycles. The largest absolute Gasteiger partial charge is 0.384 e. The Morgan fingerprint density at radius 1 is 1.31 bits per heavy atom. The molecule has 3 rings (SSSR count). The van der Waals surface area contributed by atoms with E-state index < -0.39 is 0 Å². The van der Waals surface area contributed by atoms with Crippen molar-refractivity contribution in [2.45, 2.75) is 19.3 Å². The van der Waals surface area contributed by atoms with E-state index in [2.05, 4.69) is 23.5 Å². The number of hydrogen-bond acceptors (Lipinski definition) is 3. The van der Waals surface area contributed by atoms with Gasteiger partial charge < -0.3 is 10.1 Å². The standard InChI is InChI=1S/C13H16N2O.H2/c1-2-13-12(14-7-1)4-3-11(15-13)10-5-8-16-9-6-10;/h3-5,14H,1-2,6-9H2;1H. The summed E-state index contributed by atoms with van der Waals surface area (Å²) in [6, 6.07) is 4.28. The van der Waals surface area contributed by atoms with E-state index in [1.807, 2.05) is 0 Å². The van der Waals surface area contributed by atoms with Crippen LogP contribution in [0.15, 0.2) is 18.2 Å². The zero-order chi connectivity index (χ0) is 10.8. The van der Waals surface area contributed by atoms with Crippen LogP contribution < -0.4 is 5.32 Å². The average molecular weight is 218 g/mol. The molecule has 0 aliphatic carbocycles. The molecule has 0 fully saturated rings. The van der Waals surface area contributed by atoms with Crippen molar-refractivity contribution in [1.82, 2.24) is 4.98 Å². The van der Waals surface area contributed by atoms with Crippen LogP contribution in [0.2, 0.25) is 0 Å². The van der Waals surface area contributed by atoms with Crippen molar-refractivity contribution in [2.75, 3.05) is 25.1 Å². The molecule has 1 aromatic heterocycles. The normalized spacial score (nSPS) is 19.6. The van der Waals surface area contributed by atoms with E-state index >= 15 is 0 Å². The van der Waals surface area contributed by atoms with Gasteiger partial charge in [-0.25, -0.2) is 0 Å². The molecule has 0 amide bonds. The number of hydrogen-bond donors (Lipinski definition) is 1. The van der Waals surface area contributed by atoms with Gasteiger partial charge >= 0.3 is 0 Å². The van der Waals surface area contributed by atoms with Gasteiger partial charge in [-0.1, -0.05) is 6.08 Å². The lowest BCUT2D eigenvalue weighted by atomic mass is 10.0. The number of aryl methyl sites for hydroxylation is 1. The van der Waals surface area contributed by atoms with Crippen molar-refractivity contribution in [3.63, 3.8) is 0 Å². The summed E-state index contributed by atoms with van der Waals surface area (Å²) in [6.07, 6.45) is 5.42. The van der Waals surface area contributed by atoms with Crippen molar-refractivity contribution in [1.29, 1.82) is 0 Å². The summed E-state index contributed by atoms with van der Waals surface area (Å²) in [7, 11) is 0. The Morgan fingerprint density at radius 3 is 3.19 bits per heavy atom. The van der Waals surface area contributed by atoms with E-state index in [-0.39, 0.29) is 1.43 Å². The van der Waals surface area contributed by atoms with Gasteiger partial charge in [0, 0.05) is 7.97 Å². The zero-order valence-electron chi connectivity index (χ0n) is 9.33. The van der Waals surface area contributed by atoms with Crippen LogP contribution in [-0.2, 0) is 11.2 Å². The first-order valence-corrected chi connectivity index (χ1v) is 5.94. The zero-order valence-corrected chi connectivity index (χ0v) is 9.33. The highest BCUT2D eigenvalue weighted by molar-refractivity contribution is 5.65. The Morgan fingerprint density at radius 2 is 2.31 bits per heavy atom. The molecule has 86 valence electrons. The maximum Gasteiger partial charge on any atom is 0.0665 e. The third kappa shape index (κ3) is 1.83.